The predicted octanol–water partition coefficient (Wildman–Crippen LogP) is 3.26. The number of aryl methyl sites for hydroxylation is 1. The fourth-order valence-electron chi connectivity index (χ4n) is 2.41. The highest BCUT2D eigenvalue weighted by atomic mass is 16.3. The Kier molecular flexibility index (Phi) is 4.43. The van der Waals surface area contributed by atoms with Crippen LogP contribution in [0.1, 0.15) is 21.6 Å². The number of amides is 1. The van der Waals surface area contributed by atoms with Crippen LogP contribution in [0, 0.1) is 6.92 Å². The summed E-state index contributed by atoms with van der Waals surface area (Å²) in [5.41, 5.74) is 5.83. The van der Waals surface area contributed by atoms with Crippen LogP contribution in [0.15, 0.2) is 72.0 Å². The summed E-state index contributed by atoms with van der Waals surface area (Å²) >= 11 is 0. The van der Waals surface area contributed by atoms with Gasteiger partial charge in [0.2, 0.25) is 0 Å². The average Bonchev–Trinajstić information content (AvgIpc) is 2.96. The molecule has 3 rings (SSSR count). The van der Waals surface area contributed by atoms with Crippen molar-refractivity contribution in [3.63, 3.8) is 0 Å². The van der Waals surface area contributed by atoms with Gasteiger partial charge in [0, 0.05) is 28.7 Å². The highest BCUT2D eigenvalue weighted by molar-refractivity contribution is 5.95. The summed E-state index contributed by atoms with van der Waals surface area (Å²) < 4.78 is 2.05. The molecule has 0 radical (unpaired) electrons. The molecule has 1 heterocycles. The first-order valence-corrected chi connectivity index (χ1v) is 7.50. The second-order valence-electron chi connectivity index (χ2n) is 5.37. The van der Waals surface area contributed by atoms with Crippen molar-refractivity contribution in [1.29, 1.82) is 0 Å². The highest BCUT2D eigenvalue weighted by Crippen LogP contribution is 2.14. The first kappa shape index (κ1) is 15.6. The summed E-state index contributed by atoms with van der Waals surface area (Å²) in [6.07, 6.45) is 3.54. The van der Waals surface area contributed by atoms with Crippen molar-refractivity contribution in [3.8, 4) is 11.4 Å². The molecule has 2 N–H and O–H groups in total. The Hall–Kier alpha value is -3.34. The normalized spacial score (nSPS) is 10.9. The van der Waals surface area contributed by atoms with Gasteiger partial charge < -0.3 is 9.67 Å². The molecule has 24 heavy (non-hydrogen) atoms. The van der Waals surface area contributed by atoms with Crippen LogP contribution < -0.4 is 5.43 Å². The number of rotatable bonds is 4. The quantitative estimate of drug-likeness (QED) is 0.572. The van der Waals surface area contributed by atoms with Gasteiger partial charge in [-0.2, -0.15) is 5.10 Å². The first-order valence-electron chi connectivity index (χ1n) is 7.50. The molecule has 1 aromatic heterocycles. The zero-order valence-electron chi connectivity index (χ0n) is 13.2. The Morgan fingerprint density at radius 1 is 1.12 bits per heavy atom. The van der Waals surface area contributed by atoms with Crippen molar-refractivity contribution in [1.82, 2.24) is 9.99 Å². The number of hydrogen-bond acceptors (Lipinski definition) is 3. The van der Waals surface area contributed by atoms with E-state index in [0.717, 1.165) is 16.9 Å². The SMILES string of the molecule is Cc1cc(/C=N/NC(=O)c2cccc(O)c2)cn1-c1ccccc1. The Morgan fingerprint density at radius 2 is 1.92 bits per heavy atom. The summed E-state index contributed by atoms with van der Waals surface area (Å²) in [5.74, 6) is -0.330. The third-order valence-corrected chi connectivity index (χ3v) is 3.56. The number of nitrogens with one attached hydrogen (secondary N) is 1. The van der Waals surface area contributed by atoms with Gasteiger partial charge >= 0.3 is 0 Å². The lowest BCUT2D eigenvalue weighted by Gasteiger charge is -2.04. The number of phenols is 1. The van der Waals surface area contributed by atoms with Crippen LogP contribution in [0.2, 0.25) is 0 Å². The van der Waals surface area contributed by atoms with Crippen molar-refractivity contribution in [2.24, 2.45) is 5.10 Å². The number of aromatic hydroxyl groups is 1. The molecule has 0 aliphatic rings. The monoisotopic (exact) mass is 319 g/mol. The minimum absolute atomic E-state index is 0.0437. The molecule has 5 nitrogen and oxygen atoms in total. The van der Waals surface area contributed by atoms with Crippen LogP contribution >= 0.6 is 0 Å². The van der Waals surface area contributed by atoms with E-state index < -0.39 is 0 Å². The van der Waals surface area contributed by atoms with Gasteiger partial charge in [-0.25, -0.2) is 5.43 Å². The maximum Gasteiger partial charge on any atom is 0.271 e. The molecule has 2 aromatic carbocycles. The molecule has 1 amide bonds. The molecule has 0 aliphatic heterocycles. The van der Waals surface area contributed by atoms with Crippen LogP contribution in [0.4, 0.5) is 0 Å². The zero-order valence-corrected chi connectivity index (χ0v) is 13.2. The largest absolute Gasteiger partial charge is 0.508 e. The highest BCUT2D eigenvalue weighted by Gasteiger charge is 2.05. The van der Waals surface area contributed by atoms with Gasteiger partial charge in [0.15, 0.2) is 0 Å². The molecule has 0 unspecified atom stereocenters. The summed E-state index contributed by atoms with van der Waals surface area (Å²) in [6, 6.07) is 18.1. The Bertz CT molecular complexity index is 883. The summed E-state index contributed by atoms with van der Waals surface area (Å²) in [7, 11) is 0. The average molecular weight is 319 g/mol. The lowest BCUT2D eigenvalue weighted by Crippen LogP contribution is -2.17. The molecular weight excluding hydrogens is 302 g/mol. The maximum atomic E-state index is 11.9. The number of hydrogen-bond donors (Lipinski definition) is 2. The van der Waals surface area contributed by atoms with Crippen LogP contribution in [0.25, 0.3) is 5.69 Å². The molecule has 0 spiro atoms. The fourth-order valence-corrected chi connectivity index (χ4v) is 2.41. The van der Waals surface area contributed by atoms with Gasteiger partial charge in [0.25, 0.3) is 5.91 Å². The molecule has 5 heteroatoms. The number of aromatic nitrogens is 1. The Morgan fingerprint density at radius 3 is 2.67 bits per heavy atom. The number of carbonyl (C=O) groups is 1. The van der Waals surface area contributed by atoms with E-state index in [1.54, 1.807) is 18.3 Å². The van der Waals surface area contributed by atoms with Gasteiger partial charge in [0.1, 0.15) is 5.75 Å². The Balaban J connectivity index is 1.70. The van der Waals surface area contributed by atoms with Gasteiger partial charge in [-0.3, -0.25) is 4.79 Å². The van der Waals surface area contributed by atoms with E-state index in [2.05, 4.69) is 15.1 Å². The van der Waals surface area contributed by atoms with Crippen molar-refractivity contribution in [3.05, 3.63) is 83.7 Å². The van der Waals surface area contributed by atoms with E-state index in [1.165, 1.54) is 12.1 Å². The standard InChI is InChI=1S/C19H17N3O2/c1-14-10-15(13-22(14)17-7-3-2-4-8-17)12-20-21-19(24)16-6-5-9-18(23)11-16/h2-13,23H,1H3,(H,21,24)/b20-12+. The second kappa shape index (κ2) is 6.83. The van der Waals surface area contributed by atoms with E-state index in [1.807, 2.05) is 49.5 Å². The zero-order chi connectivity index (χ0) is 16.9. The minimum Gasteiger partial charge on any atom is -0.508 e. The molecule has 0 saturated carbocycles. The maximum absolute atomic E-state index is 11.9. The summed E-state index contributed by atoms with van der Waals surface area (Å²) in [4.78, 5) is 11.9. The lowest BCUT2D eigenvalue weighted by atomic mass is 10.2. The van der Waals surface area contributed by atoms with Crippen LogP contribution in [0.5, 0.6) is 5.75 Å². The number of carbonyl (C=O) groups excluding carboxylic acids is 1. The molecule has 0 fully saturated rings. The van der Waals surface area contributed by atoms with Gasteiger partial charge in [-0.05, 0) is 43.3 Å². The number of phenolic OH excluding ortho intramolecular Hbond substituents is 1. The number of nitrogens with zero attached hydrogens (tertiary/aromatic N) is 2. The molecule has 0 bridgehead atoms. The van der Waals surface area contributed by atoms with Crippen LogP contribution in [-0.2, 0) is 0 Å². The second-order valence-corrected chi connectivity index (χ2v) is 5.37. The first-order chi connectivity index (χ1) is 11.6. The van der Waals surface area contributed by atoms with Crippen molar-refractivity contribution in [2.45, 2.75) is 6.92 Å². The van der Waals surface area contributed by atoms with E-state index in [9.17, 15) is 9.90 Å². The number of para-hydroxylation sites is 1. The summed E-state index contributed by atoms with van der Waals surface area (Å²) in [5, 5.41) is 13.4. The topological polar surface area (TPSA) is 66.6 Å². The van der Waals surface area contributed by atoms with Gasteiger partial charge in [-0.15, -0.1) is 0 Å². The molecule has 0 atom stereocenters. The van der Waals surface area contributed by atoms with Gasteiger partial charge in [0.05, 0.1) is 6.21 Å². The fraction of sp³-hybridized carbons (Fsp3) is 0.0526. The number of benzene rings is 2. The molecule has 120 valence electrons. The Labute approximate surface area is 139 Å². The summed E-state index contributed by atoms with van der Waals surface area (Å²) in [6.45, 7) is 2.01. The van der Waals surface area contributed by atoms with Gasteiger partial charge in [-0.1, -0.05) is 24.3 Å². The van der Waals surface area contributed by atoms with Crippen LogP contribution in [0.3, 0.4) is 0 Å². The van der Waals surface area contributed by atoms with E-state index in [-0.39, 0.29) is 11.7 Å². The van der Waals surface area contributed by atoms with Crippen LogP contribution in [-0.4, -0.2) is 21.8 Å². The molecule has 3 aromatic rings. The smallest absolute Gasteiger partial charge is 0.271 e. The van der Waals surface area contributed by atoms with E-state index >= 15 is 0 Å². The van der Waals surface area contributed by atoms with Crippen molar-refractivity contribution < 1.29 is 9.90 Å². The molecular formula is C19H17N3O2. The lowest BCUT2D eigenvalue weighted by molar-refractivity contribution is 0.0954. The minimum atomic E-state index is -0.374. The van der Waals surface area contributed by atoms with Crippen molar-refractivity contribution in [2.75, 3.05) is 0 Å². The van der Waals surface area contributed by atoms with E-state index in [4.69, 9.17) is 0 Å². The predicted molar refractivity (Wildman–Crippen MR) is 93.7 cm³/mol. The number of hydrazone groups is 1. The van der Waals surface area contributed by atoms with E-state index in [0.29, 0.717) is 5.56 Å². The molecule has 0 aliphatic carbocycles. The van der Waals surface area contributed by atoms with Crippen molar-refractivity contribution >= 4 is 12.1 Å². The molecule has 0 saturated heterocycles. The third-order valence-electron chi connectivity index (χ3n) is 3.56. The third kappa shape index (κ3) is 3.52.